The number of amides is 2. The summed E-state index contributed by atoms with van der Waals surface area (Å²) in [6.45, 7) is 2.93. The first-order chi connectivity index (χ1) is 24.4. The summed E-state index contributed by atoms with van der Waals surface area (Å²) in [6.07, 6.45) is 4.06. The third-order valence-electron chi connectivity index (χ3n) is 9.03. The normalized spacial score (nSPS) is 16.2. The number of ether oxygens (including phenoxy) is 1. The number of methoxy groups -OCH3 is 1. The summed E-state index contributed by atoms with van der Waals surface area (Å²) in [4.78, 5) is 41.0. The van der Waals surface area contributed by atoms with Crippen molar-refractivity contribution in [2.75, 3.05) is 37.8 Å². The van der Waals surface area contributed by atoms with Crippen LogP contribution in [0.3, 0.4) is 0 Å². The Morgan fingerprint density at radius 2 is 1.94 bits per heavy atom. The minimum atomic E-state index is -3.52. The number of carbonyl (C=O) groups is 2. The van der Waals surface area contributed by atoms with Gasteiger partial charge in [-0.05, 0) is 37.6 Å². The van der Waals surface area contributed by atoms with Crippen LogP contribution in [-0.4, -0.2) is 83.2 Å². The van der Waals surface area contributed by atoms with Crippen molar-refractivity contribution in [3.8, 4) is 28.4 Å². The highest BCUT2D eigenvalue weighted by molar-refractivity contribution is 7.89. The van der Waals surface area contributed by atoms with E-state index < -0.39 is 15.9 Å². The summed E-state index contributed by atoms with van der Waals surface area (Å²) in [7, 11) is -0.164. The average Bonchev–Trinajstić information content (AvgIpc) is 3.67. The van der Waals surface area contributed by atoms with E-state index in [9.17, 15) is 18.0 Å². The number of rotatable bonds is 13. The maximum absolute atomic E-state index is 13.5. The van der Waals surface area contributed by atoms with Crippen LogP contribution in [-0.2, 0) is 41.4 Å². The summed E-state index contributed by atoms with van der Waals surface area (Å²) in [5.74, 6) is 0.234. The smallest absolute Gasteiger partial charge is 0.291 e. The second-order valence-electron chi connectivity index (χ2n) is 12.6. The highest BCUT2D eigenvalue weighted by Crippen LogP contribution is 2.40. The molecule has 2 aliphatic rings. The van der Waals surface area contributed by atoms with Gasteiger partial charge in [0.1, 0.15) is 0 Å². The van der Waals surface area contributed by atoms with E-state index in [1.807, 2.05) is 12.1 Å². The molecule has 0 radical (unpaired) electrons. The molecule has 3 aromatic heterocycles. The number of imidazole rings is 1. The van der Waals surface area contributed by atoms with Gasteiger partial charge in [0.15, 0.2) is 5.82 Å². The predicted octanol–water partition coefficient (Wildman–Crippen LogP) is 3.52. The Morgan fingerprint density at radius 3 is 2.69 bits per heavy atom. The fourth-order valence-electron chi connectivity index (χ4n) is 6.43. The van der Waals surface area contributed by atoms with Crippen LogP contribution in [0.2, 0.25) is 10.0 Å². The van der Waals surface area contributed by atoms with Crippen LogP contribution in [0, 0.1) is 0 Å². The van der Waals surface area contributed by atoms with Gasteiger partial charge < -0.3 is 25.3 Å². The molecule has 4 aromatic rings. The van der Waals surface area contributed by atoms with E-state index in [-0.39, 0.29) is 28.5 Å². The molecular weight excluding hydrogens is 717 g/mol. The molecule has 2 amide bonds. The summed E-state index contributed by atoms with van der Waals surface area (Å²) in [6, 6.07) is 10.9. The van der Waals surface area contributed by atoms with Crippen LogP contribution < -0.4 is 25.8 Å². The quantitative estimate of drug-likeness (QED) is 0.157. The zero-order valence-corrected chi connectivity index (χ0v) is 30.5. The Morgan fingerprint density at radius 1 is 1.12 bits per heavy atom. The fraction of sp³-hybridized carbons (Fsp3) is 0.382. The van der Waals surface area contributed by atoms with E-state index in [1.54, 1.807) is 49.2 Å². The topological polar surface area (TPSA) is 186 Å². The molecule has 0 bridgehead atoms. The van der Waals surface area contributed by atoms with Gasteiger partial charge in [0.05, 0.1) is 45.7 Å². The van der Waals surface area contributed by atoms with Crippen molar-refractivity contribution in [3.63, 3.8) is 0 Å². The summed E-state index contributed by atoms with van der Waals surface area (Å²) >= 11 is 13.9. The molecule has 17 heteroatoms. The number of anilines is 1. The number of nitrogens with two attached hydrogens (primary N) is 1. The largest absolute Gasteiger partial charge is 0.481 e. The monoisotopic (exact) mass is 755 g/mol. The molecule has 5 heterocycles. The van der Waals surface area contributed by atoms with E-state index in [0.29, 0.717) is 91.1 Å². The molecule has 51 heavy (non-hydrogen) atoms. The third-order valence-corrected chi connectivity index (χ3v) is 10.7. The number of benzene rings is 1. The van der Waals surface area contributed by atoms with Gasteiger partial charge in [-0.15, -0.1) is 0 Å². The molecule has 1 saturated heterocycles. The lowest BCUT2D eigenvalue weighted by Crippen LogP contribution is -2.35. The van der Waals surface area contributed by atoms with E-state index in [0.717, 1.165) is 23.4 Å². The number of hydrogen-bond acceptors (Lipinski definition) is 10. The van der Waals surface area contributed by atoms with Crippen molar-refractivity contribution in [1.82, 2.24) is 35.1 Å². The van der Waals surface area contributed by atoms with Crippen molar-refractivity contribution in [2.45, 2.75) is 44.8 Å². The zero-order chi connectivity index (χ0) is 36.3. The number of halogens is 2. The van der Waals surface area contributed by atoms with Gasteiger partial charge in [-0.25, -0.2) is 23.5 Å². The van der Waals surface area contributed by atoms with Crippen molar-refractivity contribution in [2.24, 2.45) is 12.2 Å². The maximum atomic E-state index is 13.5. The van der Waals surface area contributed by atoms with Crippen LogP contribution in [0.1, 0.15) is 46.8 Å². The Hall–Kier alpha value is -4.12. The Labute approximate surface area is 306 Å². The molecule has 6 rings (SSSR count). The van der Waals surface area contributed by atoms with Crippen LogP contribution in [0.25, 0.3) is 22.5 Å². The van der Waals surface area contributed by atoms with E-state index in [2.05, 4.69) is 30.8 Å². The van der Waals surface area contributed by atoms with E-state index in [4.69, 9.17) is 38.1 Å². The molecular formula is C34H39Cl2N9O5S. The predicted molar refractivity (Wildman–Crippen MR) is 195 cm³/mol. The molecule has 2 aliphatic heterocycles. The van der Waals surface area contributed by atoms with Crippen molar-refractivity contribution in [3.05, 3.63) is 75.4 Å². The van der Waals surface area contributed by atoms with E-state index in [1.165, 1.54) is 0 Å². The number of aromatic nitrogens is 4. The second kappa shape index (κ2) is 15.6. The zero-order valence-electron chi connectivity index (χ0n) is 28.2. The highest BCUT2D eigenvalue weighted by Gasteiger charge is 2.27. The number of fused-ring (bicyclic) bond motifs is 1. The molecule has 0 saturated carbocycles. The summed E-state index contributed by atoms with van der Waals surface area (Å²) in [5, 5.41) is 14.9. The molecule has 1 fully saturated rings. The molecule has 14 nitrogen and oxygen atoms in total. The summed E-state index contributed by atoms with van der Waals surface area (Å²) < 4.78 is 30.0. The number of carbonyl (C=O) groups excluding carboxylic acids is 2. The average molecular weight is 757 g/mol. The lowest BCUT2D eigenvalue weighted by Gasteiger charge is -2.26. The van der Waals surface area contributed by atoms with Crippen LogP contribution >= 0.6 is 23.2 Å². The molecule has 0 unspecified atom stereocenters. The minimum Gasteiger partial charge on any atom is -0.481 e. The Kier molecular flexibility index (Phi) is 11.2. The van der Waals surface area contributed by atoms with Crippen molar-refractivity contribution in [1.29, 1.82) is 0 Å². The van der Waals surface area contributed by atoms with Gasteiger partial charge >= 0.3 is 0 Å². The van der Waals surface area contributed by atoms with Gasteiger partial charge in [0.25, 0.3) is 5.91 Å². The highest BCUT2D eigenvalue weighted by atomic mass is 35.5. The minimum absolute atomic E-state index is 0.0762. The lowest BCUT2D eigenvalue weighted by atomic mass is 10.1. The Bertz CT molecular complexity index is 2070. The molecule has 5 N–H and O–H groups in total. The number of primary sulfonamides is 1. The van der Waals surface area contributed by atoms with Gasteiger partial charge in [-0.1, -0.05) is 41.4 Å². The molecule has 1 atom stereocenters. The van der Waals surface area contributed by atoms with Gasteiger partial charge in [-0.3, -0.25) is 19.5 Å². The van der Waals surface area contributed by atoms with Crippen molar-refractivity contribution >= 4 is 50.7 Å². The van der Waals surface area contributed by atoms with Gasteiger partial charge in [0, 0.05) is 80.7 Å². The number of pyridine rings is 2. The fourth-order valence-corrected chi connectivity index (χ4v) is 7.53. The molecule has 1 aromatic carbocycles. The van der Waals surface area contributed by atoms with Crippen molar-refractivity contribution < 1.29 is 22.7 Å². The first-order valence-corrected chi connectivity index (χ1v) is 19.0. The van der Waals surface area contributed by atoms with Crippen LogP contribution in [0.4, 0.5) is 5.69 Å². The number of nitrogens with zero attached hydrogens (tertiary/aromatic N) is 5. The number of hydrogen-bond donors (Lipinski definition) is 4. The Balaban J connectivity index is 1.17. The van der Waals surface area contributed by atoms with Crippen LogP contribution in [0.5, 0.6) is 5.88 Å². The lowest BCUT2D eigenvalue weighted by molar-refractivity contribution is -0.119. The number of nitrogens with one attached hydrogen (secondary N) is 3. The SMILES string of the molecule is COc1nc(-c2ccnc(-c3cccc(NC(=O)c4nc5c(n4C)CCN(CCCS(N)(=O)=O)C5)c3Cl)c2Cl)ccc1CNC[C@H]1CCC(=O)N1. The third kappa shape index (κ3) is 8.51. The second-order valence-corrected chi connectivity index (χ2v) is 15.1. The van der Waals surface area contributed by atoms with Gasteiger partial charge in [-0.2, -0.15) is 0 Å². The molecule has 0 spiro atoms. The van der Waals surface area contributed by atoms with Crippen LogP contribution in [0.15, 0.2) is 42.6 Å². The molecule has 0 aliphatic carbocycles. The number of sulfonamides is 1. The first-order valence-electron chi connectivity index (χ1n) is 16.5. The molecule has 270 valence electrons. The summed E-state index contributed by atoms with van der Waals surface area (Å²) in [5.41, 5.74) is 5.06. The standard InChI is InChI=1S/C34H39Cl2N9O5S/c1-44-27-12-15-45(14-4-16-51(37,48)49)19-26(27)41-32(44)33(47)42-25-6-3-5-23(29(25)35)31-30(36)22(11-13-39-31)24-9-7-20(34(43-24)50-2)17-38-18-21-8-10-28(46)40-21/h3,5-7,9,11,13,21,38H,4,8,10,12,14-19H2,1-2H3,(H,40,46)(H,42,47)(H2,37,48,49)/t21-/m1/s1. The van der Waals surface area contributed by atoms with E-state index >= 15 is 0 Å². The maximum Gasteiger partial charge on any atom is 0.291 e. The first kappa shape index (κ1) is 36.7. The van der Waals surface area contributed by atoms with Gasteiger partial charge in [0.2, 0.25) is 21.8 Å².